The molecule has 0 amide bonds. The standard InChI is InChI=1S/C19H22N2O/c1-2-13-11-21-8-7-18-9-14(12-22)15(13)10-19(18,21)20-17-6-4-3-5-16(17)18/h2-6,9,15,20,22H,7-8,10-12H2,1H3/b13-2-/t15-,18-,19+/m1/s1. The van der Waals surface area contributed by atoms with Crippen LogP contribution >= 0.6 is 0 Å². The number of hydrogen-bond donors (Lipinski definition) is 2. The Balaban J connectivity index is 1.79. The molecule has 3 heteroatoms. The molecule has 0 radical (unpaired) electrons. The molecule has 2 saturated heterocycles. The maximum absolute atomic E-state index is 9.98. The molecule has 0 saturated carbocycles. The number of hydrogen-bond acceptors (Lipinski definition) is 3. The van der Waals surface area contributed by atoms with Crippen LogP contribution in [0.15, 0.2) is 47.6 Å². The van der Waals surface area contributed by atoms with E-state index in [0.717, 1.165) is 25.9 Å². The number of aliphatic hydroxyl groups excluding tert-OH is 1. The zero-order valence-corrected chi connectivity index (χ0v) is 13.0. The first kappa shape index (κ1) is 12.9. The first-order valence-corrected chi connectivity index (χ1v) is 8.34. The largest absolute Gasteiger partial charge is 0.392 e. The van der Waals surface area contributed by atoms with Gasteiger partial charge in [-0.25, -0.2) is 0 Å². The summed E-state index contributed by atoms with van der Waals surface area (Å²) in [5.41, 5.74) is 5.46. The van der Waals surface area contributed by atoms with E-state index in [4.69, 9.17) is 0 Å². The van der Waals surface area contributed by atoms with Gasteiger partial charge in [0.1, 0.15) is 5.66 Å². The zero-order valence-electron chi connectivity index (χ0n) is 13.0. The highest BCUT2D eigenvalue weighted by molar-refractivity contribution is 5.69. The molecule has 3 nitrogen and oxygen atoms in total. The molecular weight excluding hydrogens is 272 g/mol. The van der Waals surface area contributed by atoms with Gasteiger partial charge in [0.25, 0.3) is 0 Å². The lowest BCUT2D eigenvalue weighted by Gasteiger charge is -2.54. The molecule has 2 N–H and O–H groups in total. The average molecular weight is 294 g/mol. The van der Waals surface area contributed by atoms with Gasteiger partial charge in [0.2, 0.25) is 0 Å². The van der Waals surface area contributed by atoms with Crippen molar-refractivity contribution in [2.45, 2.75) is 30.8 Å². The van der Waals surface area contributed by atoms with Crippen molar-refractivity contribution < 1.29 is 5.11 Å². The van der Waals surface area contributed by atoms with E-state index >= 15 is 0 Å². The van der Waals surface area contributed by atoms with Gasteiger partial charge >= 0.3 is 0 Å². The van der Waals surface area contributed by atoms with Crippen molar-refractivity contribution in [1.82, 2.24) is 4.90 Å². The number of fused-ring (bicyclic) bond motifs is 2. The molecule has 3 aliphatic heterocycles. The number of para-hydroxylation sites is 1. The summed E-state index contributed by atoms with van der Waals surface area (Å²) in [6.07, 6.45) is 6.90. The molecule has 2 bridgehead atoms. The van der Waals surface area contributed by atoms with Crippen LogP contribution in [0.2, 0.25) is 0 Å². The van der Waals surface area contributed by atoms with E-state index in [1.807, 2.05) is 0 Å². The van der Waals surface area contributed by atoms with Crippen molar-refractivity contribution in [2.75, 3.05) is 25.0 Å². The molecule has 4 aliphatic rings. The lowest BCUT2D eigenvalue weighted by Crippen LogP contribution is -2.63. The van der Waals surface area contributed by atoms with Crippen LogP contribution in [-0.4, -0.2) is 35.4 Å². The second-order valence-corrected chi connectivity index (χ2v) is 7.17. The molecule has 0 unspecified atom stereocenters. The Hall–Kier alpha value is -1.58. The second-order valence-electron chi connectivity index (χ2n) is 7.17. The van der Waals surface area contributed by atoms with Crippen molar-refractivity contribution in [2.24, 2.45) is 5.92 Å². The van der Waals surface area contributed by atoms with Crippen molar-refractivity contribution in [3.8, 4) is 0 Å². The normalized spacial score (nSPS) is 40.2. The summed E-state index contributed by atoms with van der Waals surface area (Å²) in [6, 6.07) is 8.75. The number of anilines is 1. The molecule has 22 heavy (non-hydrogen) atoms. The Morgan fingerprint density at radius 3 is 3.09 bits per heavy atom. The Morgan fingerprint density at radius 1 is 1.41 bits per heavy atom. The summed E-state index contributed by atoms with van der Waals surface area (Å²) in [5, 5.41) is 13.9. The van der Waals surface area contributed by atoms with Crippen LogP contribution < -0.4 is 5.32 Å². The number of allylic oxidation sites excluding steroid dienone is 1. The molecule has 2 fully saturated rings. The highest BCUT2D eigenvalue weighted by atomic mass is 16.3. The fourth-order valence-corrected chi connectivity index (χ4v) is 5.58. The van der Waals surface area contributed by atoms with Gasteiger partial charge in [-0.3, -0.25) is 4.90 Å². The smallest absolute Gasteiger partial charge is 0.105 e. The molecule has 1 aliphatic carbocycles. The van der Waals surface area contributed by atoms with Gasteiger partial charge in [-0.1, -0.05) is 35.9 Å². The summed E-state index contributed by atoms with van der Waals surface area (Å²) in [4.78, 5) is 2.64. The van der Waals surface area contributed by atoms with Gasteiger partial charge in [-0.05, 0) is 37.0 Å². The summed E-state index contributed by atoms with van der Waals surface area (Å²) in [7, 11) is 0. The van der Waals surface area contributed by atoms with Gasteiger partial charge in [-0.15, -0.1) is 0 Å². The minimum atomic E-state index is 0.0204. The van der Waals surface area contributed by atoms with Crippen LogP contribution in [0.4, 0.5) is 5.69 Å². The molecule has 5 rings (SSSR count). The monoisotopic (exact) mass is 294 g/mol. The topological polar surface area (TPSA) is 35.5 Å². The van der Waals surface area contributed by atoms with Crippen LogP contribution in [-0.2, 0) is 5.41 Å². The first-order valence-electron chi connectivity index (χ1n) is 8.34. The highest BCUT2D eigenvalue weighted by Gasteiger charge is 2.67. The van der Waals surface area contributed by atoms with Crippen LogP contribution in [0.1, 0.15) is 25.3 Å². The minimum absolute atomic E-state index is 0.0204. The minimum Gasteiger partial charge on any atom is -0.392 e. The van der Waals surface area contributed by atoms with Crippen LogP contribution in [0.5, 0.6) is 0 Å². The maximum atomic E-state index is 9.98. The van der Waals surface area contributed by atoms with E-state index in [1.165, 1.54) is 22.4 Å². The summed E-state index contributed by atoms with van der Waals surface area (Å²) >= 11 is 0. The summed E-state index contributed by atoms with van der Waals surface area (Å²) < 4.78 is 0. The van der Waals surface area contributed by atoms with Gasteiger partial charge in [0.15, 0.2) is 0 Å². The Kier molecular flexibility index (Phi) is 2.37. The third kappa shape index (κ3) is 1.23. The summed E-state index contributed by atoms with van der Waals surface area (Å²) in [5.74, 6) is 0.402. The summed E-state index contributed by atoms with van der Waals surface area (Å²) in [6.45, 7) is 4.47. The Morgan fingerprint density at radius 2 is 2.27 bits per heavy atom. The molecule has 0 aromatic heterocycles. The second kappa shape index (κ2) is 4.03. The number of nitrogens with zero attached hydrogens (tertiary/aromatic N) is 1. The van der Waals surface area contributed by atoms with E-state index < -0.39 is 0 Å². The van der Waals surface area contributed by atoms with Gasteiger partial charge < -0.3 is 10.4 Å². The fourth-order valence-electron chi connectivity index (χ4n) is 5.58. The van der Waals surface area contributed by atoms with Crippen molar-refractivity contribution in [3.05, 3.63) is 53.1 Å². The van der Waals surface area contributed by atoms with E-state index in [9.17, 15) is 5.11 Å². The predicted molar refractivity (Wildman–Crippen MR) is 87.7 cm³/mol. The highest BCUT2D eigenvalue weighted by Crippen LogP contribution is 2.63. The molecule has 1 aromatic rings. The molecule has 1 aromatic carbocycles. The average Bonchev–Trinajstić information content (AvgIpc) is 3.03. The van der Waals surface area contributed by atoms with Crippen LogP contribution in [0.25, 0.3) is 0 Å². The van der Waals surface area contributed by atoms with E-state index in [0.29, 0.717) is 5.92 Å². The Bertz CT molecular complexity index is 722. The first-order chi connectivity index (χ1) is 10.7. The van der Waals surface area contributed by atoms with Crippen molar-refractivity contribution in [3.63, 3.8) is 0 Å². The zero-order chi connectivity index (χ0) is 14.9. The Labute approximate surface area is 131 Å². The third-order valence-corrected chi connectivity index (χ3v) is 6.56. The fraction of sp³-hybridized carbons (Fsp3) is 0.474. The predicted octanol–water partition coefficient (Wildman–Crippen LogP) is 2.65. The van der Waals surface area contributed by atoms with Crippen LogP contribution in [0.3, 0.4) is 0 Å². The quantitative estimate of drug-likeness (QED) is 0.782. The number of piperidine rings is 1. The number of nitrogens with one attached hydrogen (secondary N) is 1. The molecule has 3 heterocycles. The SMILES string of the molecule is C/C=C1/CN2CC[C@]34C=C(CO)[C@@H]1C[C@]23Nc1ccccc14. The van der Waals surface area contributed by atoms with Crippen molar-refractivity contribution in [1.29, 1.82) is 0 Å². The molecule has 3 atom stereocenters. The van der Waals surface area contributed by atoms with Gasteiger partial charge in [0, 0.05) is 24.7 Å². The van der Waals surface area contributed by atoms with Crippen LogP contribution in [0, 0.1) is 5.92 Å². The number of aliphatic hydroxyl groups is 1. The van der Waals surface area contributed by atoms with E-state index in [1.54, 1.807) is 0 Å². The van der Waals surface area contributed by atoms with E-state index in [2.05, 4.69) is 53.6 Å². The number of rotatable bonds is 1. The molecular formula is C19H22N2O. The lowest BCUT2D eigenvalue weighted by molar-refractivity contribution is 0.0821. The van der Waals surface area contributed by atoms with E-state index in [-0.39, 0.29) is 17.7 Å². The van der Waals surface area contributed by atoms with Gasteiger partial charge in [0.05, 0.1) is 12.0 Å². The number of benzene rings is 1. The molecule has 114 valence electrons. The maximum Gasteiger partial charge on any atom is 0.105 e. The lowest BCUT2D eigenvalue weighted by atomic mass is 9.61. The van der Waals surface area contributed by atoms with Crippen molar-refractivity contribution >= 4 is 5.69 Å². The molecule has 1 spiro atoms. The van der Waals surface area contributed by atoms with Gasteiger partial charge in [-0.2, -0.15) is 0 Å². The third-order valence-electron chi connectivity index (χ3n) is 6.56.